The molecule has 0 spiro atoms. The van der Waals surface area contributed by atoms with Crippen molar-refractivity contribution in [2.75, 3.05) is 6.54 Å². The smallest absolute Gasteiger partial charge is 0.129 e. The van der Waals surface area contributed by atoms with Crippen molar-refractivity contribution in [3.63, 3.8) is 0 Å². The number of rotatable bonds is 4. The Labute approximate surface area is 113 Å². The molecule has 102 valence electrons. The van der Waals surface area contributed by atoms with Gasteiger partial charge in [0, 0.05) is 24.7 Å². The van der Waals surface area contributed by atoms with E-state index in [0.717, 1.165) is 17.1 Å². The van der Waals surface area contributed by atoms with Crippen LogP contribution in [0.15, 0.2) is 24.4 Å². The SMILES string of the molecule is Cc1ncc(C(O)C(CN)c2ccc(F)cc2F)s1. The van der Waals surface area contributed by atoms with Crippen LogP contribution in [0.5, 0.6) is 0 Å². The molecule has 0 aliphatic rings. The number of benzene rings is 1. The molecule has 0 aliphatic carbocycles. The Morgan fingerprint density at radius 2 is 2.16 bits per heavy atom. The van der Waals surface area contributed by atoms with Gasteiger partial charge in [-0.15, -0.1) is 11.3 Å². The van der Waals surface area contributed by atoms with Gasteiger partial charge in [0.05, 0.1) is 16.0 Å². The highest BCUT2D eigenvalue weighted by Gasteiger charge is 2.25. The summed E-state index contributed by atoms with van der Waals surface area (Å²) in [7, 11) is 0. The van der Waals surface area contributed by atoms with Crippen molar-refractivity contribution in [3.8, 4) is 0 Å². The predicted octanol–water partition coefficient (Wildman–Crippen LogP) is 2.51. The molecule has 19 heavy (non-hydrogen) atoms. The van der Waals surface area contributed by atoms with Gasteiger partial charge in [-0.3, -0.25) is 0 Å². The first-order chi connectivity index (χ1) is 9.02. The Kier molecular flexibility index (Phi) is 4.24. The van der Waals surface area contributed by atoms with Crippen LogP contribution in [-0.2, 0) is 0 Å². The molecule has 2 rings (SSSR count). The molecule has 2 unspecified atom stereocenters. The van der Waals surface area contributed by atoms with Gasteiger partial charge < -0.3 is 10.8 Å². The highest BCUT2D eigenvalue weighted by atomic mass is 32.1. The normalized spacial score (nSPS) is 14.4. The van der Waals surface area contributed by atoms with Crippen molar-refractivity contribution < 1.29 is 13.9 Å². The van der Waals surface area contributed by atoms with E-state index in [1.165, 1.54) is 17.4 Å². The van der Waals surface area contributed by atoms with Crippen LogP contribution in [0.4, 0.5) is 8.78 Å². The first-order valence-corrected chi connectivity index (χ1v) is 6.60. The summed E-state index contributed by atoms with van der Waals surface area (Å²) in [6.45, 7) is 1.87. The van der Waals surface area contributed by atoms with Gasteiger partial charge in [0.1, 0.15) is 11.6 Å². The van der Waals surface area contributed by atoms with Crippen molar-refractivity contribution in [3.05, 3.63) is 51.5 Å². The predicted molar refractivity (Wildman–Crippen MR) is 70.0 cm³/mol. The molecule has 0 saturated carbocycles. The van der Waals surface area contributed by atoms with E-state index >= 15 is 0 Å². The zero-order valence-electron chi connectivity index (χ0n) is 10.3. The highest BCUT2D eigenvalue weighted by molar-refractivity contribution is 7.11. The van der Waals surface area contributed by atoms with Gasteiger partial charge in [-0.2, -0.15) is 0 Å². The zero-order chi connectivity index (χ0) is 14.0. The summed E-state index contributed by atoms with van der Waals surface area (Å²) in [5.74, 6) is -1.98. The van der Waals surface area contributed by atoms with Crippen LogP contribution in [0.2, 0.25) is 0 Å². The summed E-state index contributed by atoms with van der Waals surface area (Å²) in [5, 5.41) is 11.1. The van der Waals surface area contributed by atoms with E-state index in [9.17, 15) is 13.9 Å². The maximum Gasteiger partial charge on any atom is 0.129 e. The second-order valence-corrected chi connectivity index (χ2v) is 5.50. The summed E-state index contributed by atoms with van der Waals surface area (Å²) in [6.07, 6.45) is 0.602. The molecule has 0 amide bonds. The van der Waals surface area contributed by atoms with Crippen LogP contribution in [0.1, 0.15) is 27.5 Å². The van der Waals surface area contributed by atoms with Gasteiger partial charge in [0.2, 0.25) is 0 Å². The van der Waals surface area contributed by atoms with E-state index in [1.807, 2.05) is 6.92 Å². The number of halogens is 2. The monoisotopic (exact) mass is 284 g/mol. The molecular formula is C13H14F2N2OS. The Bertz CT molecular complexity index is 574. The average Bonchev–Trinajstić information content (AvgIpc) is 2.79. The fourth-order valence-corrected chi connectivity index (χ4v) is 2.78. The van der Waals surface area contributed by atoms with Crippen LogP contribution in [-0.4, -0.2) is 16.6 Å². The summed E-state index contributed by atoms with van der Waals surface area (Å²) >= 11 is 1.33. The molecule has 1 heterocycles. The minimum Gasteiger partial charge on any atom is -0.387 e. The molecule has 2 atom stereocenters. The van der Waals surface area contributed by atoms with E-state index in [0.29, 0.717) is 4.88 Å². The Morgan fingerprint density at radius 3 is 2.68 bits per heavy atom. The molecule has 0 radical (unpaired) electrons. The number of aromatic nitrogens is 1. The maximum absolute atomic E-state index is 13.7. The van der Waals surface area contributed by atoms with E-state index in [2.05, 4.69) is 4.98 Å². The van der Waals surface area contributed by atoms with E-state index in [1.54, 1.807) is 6.20 Å². The Hall–Kier alpha value is -1.37. The number of aliphatic hydroxyl groups is 1. The molecule has 3 N–H and O–H groups in total. The second kappa shape index (κ2) is 5.73. The molecule has 2 aromatic rings. The highest BCUT2D eigenvalue weighted by Crippen LogP contribution is 2.34. The quantitative estimate of drug-likeness (QED) is 0.907. The topological polar surface area (TPSA) is 59.1 Å². The summed E-state index contributed by atoms with van der Waals surface area (Å²) < 4.78 is 26.7. The van der Waals surface area contributed by atoms with Crippen molar-refractivity contribution in [1.82, 2.24) is 4.98 Å². The fourth-order valence-electron chi connectivity index (χ4n) is 1.94. The molecule has 6 heteroatoms. The standard InChI is InChI=1S/C13H14F2N2OS/c1-7-17-6-12(19-7)13(18)10(5-16)9-3-2-8(14)4-11(9)15/h2-4,6,10,13,18H,5,16H2,1H3. The molecule has 0 fully saturated rings. The number of hydrogen-bond donors (Lipinski definition) is 2. The number of nitrogens with two attached hydrogens (primary N) is 1. The van der Waals surface area contributed by atoms with Gasteiger partial charge in [0.15, 0.2) is 0 Å². The van der Waals surface area contributed by atoms with Gasteiger partial charge in [-0.25, -0.2) is 13.8 Å². The maximum atomic E-state index is 13.7. The Morgan fingerprint density at radius 1 is 1.42 bits per heavy atom. The van der Waals surface area contributed by atoms with Crippen LogP contribution < -0.4 is 5.73 Å². The number of aliphatic hydroxyl groups excluding tert-OH is 1. The van der Waals surface area contributed by atoms with Crippen LogP contribution >= 0.6 is 11.3 Å². The van der Waals surface area contributed by atoms with E-state index < -0.39 is 23.7 Å². The minimum atomic E-state index is -0.948. The van der Waals surface area contributed by atoms with Gasteiger partial charge in [0.25, 0.3) is 0 Å². The summed E-state index contributed by atoms with van der Waals surface area (Å²) in [5.41, 5.74) is 5.83. The lowest BCUT2D eigenvalue weighted by Gasteiger charge is -2.21. The Balaban J connectivity index is 2.33. The molecular weight excluding hydrogens is 270 g/mol. The van der Waals surface area contributed by atoms with E-state index in [-0.39, 0.29) is 12.1 Å². The van der Waals surface area contributed by atoms with Gasteiger partial charge in [-0.1, -0.05) is 6.07 Å². The largest absolute Gasteiger partial charge is 0.387 e. The average molecular weight is 284 g/mol. The number of hydrogen-bond acceptors (Lipinski definition) is 4. The first-order valence-electron chi connectivity index (χ1n) is 5.78. The number of thiazole rings is 1. The molecule has 1 aromatic heterocycles. The number of nitrogens with zero attached hydrogens (tertiary/aromatic N) is 1. The first kappa shape index (κ1) is 14.0. The third-order valence-corrected chi connectivity index (χ3v) is 3.91. The van der Waals surface area contributed by atoms with Crippen molar-refractivity contribution >= 4 is 11.3 Å². The third-order valence-electron chi connectivity index (χ3n) is 2.93. The number of aryl methyl sites for hydroxylation is 1. The molecule has 3 nitrogen and oxygen atoms in total. The van der Waals surface area contributed by atoms with Crippen molar-refractivity contribution in [2.45, 2.75) is 18.9 Å². The van der Waals surface area contributed by atoms with Crippen LogP contribution in [0.3, 0.4) is 0 Å². The lowest BCUT2D eigenvalue weighted by Crippen LogP contribution is -2.20. The van der Waals surface area contributed by atoms with Crippen molar-refractivity contribution in [2.24, 2.45) is 5.73 Å². The zero-order valence-corrected chi connectivity index (χ0v) is 11.1. The van der Waals surface area contributed by atoms with Crippen LogP contribution in [0, 0.1) is 18.6 Å². The molecule has 1 aromatic carbocycles. The third kappa shape index (κ3) is 2.97. The van der Waals surface area contributed by atoms with Gasteiger partial charge >= 0.3 is 0 Å². The summed E-state index contributed by atoms with van der Waals surface area (Å²) in [6, 6.07) is 3.27. The summed E-state index contributed by atoms with van der Waals surface area (Å²) in [4.78, 5) is 4.67. The minimum absolute atomic E-state index is 0.0562. The lowest BCUT2D eigenvalue weighted by atomic mass is 9.92. The second-order valence-electron chi connectivity index (χ2n) is 4.23. The fraction of sp³-hybridized carbons (Fsp3) is 0.308. The van der Waals surface area contributed by atoms with E-state index in [4.69, 9.17) is 5.73 Å². The van der Waals surface area contributed by atoms with Crippen LogP contribution in [0.25, 0.3) is 0 Å². The lowest BCUT2D eigenvalue weighted by molar-refractivity contribution is 0.149. The van der Waals surface area contributed by atoms with Gasteiger partial charge in [-0.05, 0) is 18.6 Å². The molecule has 0 aliphatic heterocycles. The van der Waals surface area contributed by atoms with Crippen molar-refractivity contribution in [1.29, 1.82) is 0 Å². The molecule has 0 bridgehead atoms. The molecule has 0 saturated heterocycles.